The molecule has 1 aliphatic rings. The quantitative estimate of drug-likeness (QED) is 0.781. The average molecular weight is 289 g/mol. The third-order valence-electron chi connectivity index (χ3n) is 3.49. The number of para-hydroxylation sites is 1. The van der Waals surface area contributed by atoms with Crippen LogP contribution >= 0.6 is 0 Å². The summed E-state index contributed by atoms with van der Waals surface area (Å²) in [5, 5.41) is 18.9. The van der Waals surface area contributed by atoms with Gasteiger partial charge in [0.2, 0.25) is 0 Å². The lowest BCUT2D eigenvalue weighted by Gasteiger charge is -2.33. The summed E-state index contributed by atoms with van der Waals surface area (Å²) in [6.07, 6.45) is -4.52. The smallest absolute Gasteiger partial charge is 0.391 e. The van der Waals surface area contributed by atoms with E-state index < -0.39 is 29.5 Å². The molecule has 7 heteroatoms. The van der Waals surface area contributed by atoms with Crippen LogP contribution in [0.25, 0.3) is 0 Å². The van der Waals surface area contributed by atoms with Crippen molar-refractivity contribution in [2.24, 2.45) is 5.92 Å². The van der Waals surface area contributed by atoms with Crippen LogP contribution in [-0.2, 0) is 0 Å². The Hall–Kier alpha value is -1.92. The Morgan fingerprint density at radius 2 is 1.80 bits per heavy atom. The Labute approximate surface area is 113 Å². The summed E-state index contributed by atoms with van der Waals surface area (Å²) >= 11 is 0. The first-order chi connectivity index (χ1) is 9.30. The number of rotatable bonds is 1. The van der Waals surface area contributed by atoms with Crippen LogP contribution < -0.4 is 0 Å². The Bertz CT molecular complexity index is 508. The van der Waals surface area contributed by atoms with Crippen molar-refractivity contribution in [2.45, 2.75) is 19.0 Å². The van der Waals surface area contributed by atoms with E-state index >= 15 is 0 Å². The van der Waals surface area contributed by atoms with Crippen molar-refractivity contribution in [1.82, 2.24) is 4.90 Å². The molecule has 20 heavy (non-hydrogen) atoms. The Balaban J connectivity index is 2.07. The molecule has 2 rings (SSSR count). The third kappa shape index (κ3) is 2.81. The zero-order chi connectivity index (χ0) is 14.9. The van der Waals surface area contributed by atoms with Gasteiger partial charge in [0.25, 0.3) is 5.91 Å². The molecule has 1 aromatic rings. The van der Waals surface area contributed by atoms with E-state index in [-0.39, 0.29) is 31.5 Å². The normalized spacial score (nSPS) is 17.2. The molecule has 4 nitrogen and oxygen atoms in total. The molecule has 1 amide bonds. The van der Waals surface area contributed by atoms with Crippen molar-refractivity contribution in [3.8, 4) is 11.5 Å². The van der Waals surface area contributed by atoms with Gasteiger partial charge in [0.05, 0.1) is 11.5 Å². The second kappa shape index (κ2) is 5.22. The number of alkyl halides is 3. The van der Waals surface area contributed by atoms with Crippen LogP contribution in [0, 0.1) is 5.92 Å². The fourth-order valence-electron chi connectivity index (χ4n) is 2.28. The van der Waals surface area contributed by atoms with Crippen molar-refractivity contribution in [3.63, 3.8) is 0 Å². The molecule has 1 heterocycles. The number of carbonyl (C=O) groups excluding carboxylic acids is 1. The number of aromatic hydroxyl groups is 2. The number of hydrogen-bond donors (Lipinski definition) is 2. The van der Waals surface area contributed by atoms with Gasteiger partial charge in [-0.2, -0.15) is 13.2 Å². The lowest BCUT2D eigenvalue weighted by molar-refractivity contribution is -0.183. The zero-order valence-electron chi connectivity index (χ0n) is 10.5. The predicted octanol–water partition coefficient (Wildman–Crippen LogP) is 2.51. The summed E-state index contributed by atoms with van der Waals surface area (Å²) in [5.74, 6) is -2.93. The van der Waals surface area contributed by atoms with E-state index in [1.807, 2.05) is 0 Å². The highest BCUT2D eigenvalue weighted by molar-refractivity contribution is 5.97. The van der Waals surface area contributed by atoms with Crippen LogP contribution in [0.4, 0.5) is 13.2 Å². The maximum absolute atomic E-state index is 12.5. The molecule has 2 N–H and O–H groups in total. The maximum Gasteiger partial charge on any atom is 0.391 e. The number of piperidine rings is 1. The predicted molar refractivity (Wildman–Crippen MR) is 64.5 cm³/mol. The molecular weight excluding hydrogens is 275 g/mol. The van der Waals surface area contributed by atoms with E-state index in [1.54, 1.807) is 0 Å². The number of halogens is 3. The lowest BCUT2D eigenvalue weighted by Crippen LogP contribution is -2.42. The van der Waals surface area contributed by atoms with E-state index in [9.17, 15) is 28.2 Å². The Morgan fingerprint density at radius 3 is 2.35 bits per heavy atom. The van der Waals surface area contributed by atoms with Gasteiger partial charge in [-0.3, -0.25) is 4.79 Å². The number of benzene rings is 1. The summed E-state index contributed by atoms with van der Waals surface area (Å²) in [6, 6.07) is 3.94. The van der Waals surface area contributed by atoms with Gasteiger partial charge in [0.1, 0.15) is 0 Å². The first-order valence-electron chi connectivity index (χ1n) is 6.17. The van der Waals surface area contributed by atoms with Gasteiger partial charge in [-0.25, -0.2) is 0 Å². The standard InChI is InChI=1S/C13H14F3NO3/c14-13(15,16)8-4-6-17(7-5-8)12(20)9-2-1-3-10(18)11(9)19/h1-3,8,18-19H,4-7H2. The van der Waals surface area contributed by atoms with Crippen LogP contribution in [0.5, 0.6) is 11.5 Å². The topological polar surface area (TPSA) is 60.8 Å². The van der Waals surface area contributed by atoms with Gasteiger partial charge >= 0.3 is 6.18 Å². The molecule has 0 aliphatic carbocycles. The molecule has 0 atom stereocenters. The number of phenolic OH excluding ortho intramolecular Hbond substituents is 2. The summed E-state index contributed by atoms with van der Waals surface area (Å²) in [7, 11) is 0. The minimum atomic E-state index is -4.23. The minimum Gasteiger partial charge on any atom is -0.504 e. The molecule has 0 radical (unpaired) electrons. The molecule has 0 saturated carbocycles. The fourth-order valence-corrected chi connectivity index (χ4v) is 2.28. The molecule has 110 valence electrons. The van der Waals surface area contributed by atoms with Crippen LogP contribution in [0.3, 0.4) is 0 Å². The Kier molecular flexibility index (Phi) is 3.78. The van der Waals surface area contributed by atoms with E-state index in [0.717, 1.165) is 0 Å². The lowest BCUT2D eigenvalue weighted by atomic mass is 9.96. The highest BCUT2D eigenvalue weighted by Gasteiger charge is 2.41. The molecule has 1 fully saturated rings. The summed E-state index contributed by atoms with van der Waals surface area (Å²) in [6.45, 7) is -0.0315. The van der Waals surface area contributed by atoms with Crippen molar-refractivity contribution in [3.05, 3.63) is 23.8 Å². The molecule has 1 saturated heterocycles. The van der Waals surface area contributed by atoms with Gasteiger partial charge in [-0.05, 0) is 25.0 Å². The molecule has 0 bridgehead atoms. The molecule has 1 aliphatic heterocycles. The number of amides is 1. The SMILES string of the molecule is O=C(c1cccc(O)c1O)N1CCC(C(F)(F)F)CC1. The van der Waals surface area contributed by atoms with Crippen LogP contribution in [0.15, 0.2) is 18.2 Å². The number of carbonyl (C=O) groups is 1. The molecular formula is C13H14F3NO3. The van der Waals surface area contributed by atoms with Gasteiger partial charge in [0, 0.05) is 13.1 Å². The third-order valence-corrected chi connectivity index (χ3v) is 3.49. The van der Waals surface area contributed by atoms with E-state index in [2.05, 4.69) is 0 Å². The van der Waals surface area contributed by atoms with E-state index in [4.69, 9.17) is 0 Å². The van der Waals surface area contributed by atoms with Crippen LogP contribution in [-0.4, -0.2) is 40.3 Å². The summed E-state index contributed by atoms with van der Waals surface area (Å²) in [5.41, 5.74) is -0.101. The second-order valence-corrected chi connectivity index (χ2v) is 4.78. The second-order valence-electron chi connectivity index (χ2n) is 4.78. The Morgan fingerprint density at radius 1 is 1.20 bits per heavy atom. The summed E-state index contributed by atoms with van der Waals surface area (Å²) in [4.78, 5) is 13.4. The first kappa shape index (κ1) is 14.5. The molecule has 0 unspecified atom stereocenters. The number of nitrogens with zero attached hydrogens (tertiary/aromatic N) is 1. The van der Waals surface area contributed by atoms with Crippen molar-refractivity contribution < 1.29 is 28.2 Å². The van der Waals surface area contributed by atoms with Crippen LogP contribution in [0.1, 0.15) is 23.2 Å². The van der Waals surface area contributed by atoms with E-state index in [1.165, 1.54) is 23.1 Å². The van der Waals surface area contributed by atoms with Gasteiger partial charge in [-0.15, -0.1) is 0 Å². The maximum atomic E-state index is 12.5. The number of hydrogen-bond acceptors (Lipinski definition) is 3. The molecule has 1 aromatic carbocycles. The molecule has 0 aromatic heterocycles. The highest BCUT2D eigenvalue weighted by Crippen LogP contribution is 2.35. The van der Waals surface area contributed by atoms with Gasteiger partial charge in [0.15, 0.2) is 11.5 Å². The number of likely N-dealkylation sites (tertiary alicyclic amines) is 1. The van der Waals surface area contributed by atoms with Gasteiger partial charge < -0.3 is 15.1 Å². The highest BCUT2D eigenvalue weighted by atomic mass is 19.4. The zero-order valence-corrected chi connectivity index (χ0v) is 10.5. The van der Waals surface area contributed by atoms with Crippen molar-refractivity contribution in [2.75, 3.05) is 13.1 Å². The summed E-state index contributed by atoms with van der Waals surface area (Å²) < 4.78 is 37.6. The van der Waals surface area contributed by atoms with Gasteiger partial charge in [-0.1, -0.05) is 6.07 Å². The minimum absolute atomic E-state index is 0.0158. The number of phenols is 2. The van der Waals surface area contributed by atoms with E-state index in [0.29, 0.717) is 0 Å². The molecule has 0 spiro atoms. The van der Waals surface area contributed by atoms with Crippen LogP contribution in [0.2, 0.25) is 0 Å². The monoisotopic (exact) mass is 289 g/mol. The van der Waals surface area contributed by atoms with Crippen molar-refractivity contribution in [1.29, 1.82) is 0 Å². The average Bonchev–Trinajstić information content (AvgIpc) is 2.40. The van der Waals surface area contributed by atoms with Crippen molar-refractivity contribution >= 4 is 5.91 Å². The fraction of sp³-hybridized carbons (Fsp3) is 0.462. The first-order valence-corrected chi connectivity index (χ1v) is 6.17. The largest absolute Gasteiger partial charge is 0.504 e.